The van der Waals surface area contributed by atoms with E-state index in [1.54, 1.807) is 0 Å². The molecule has 0 fully saturated rings. The normalized spacial score (nSPS) is 10.8. The van der Waals surface area contributed by atoms with Crippen LogP contribution in [0.3, 0.4) is 0 Å². The molecule has 2 rings (SSSR count). The Kier molecular flexibility index (Phi) is 6.31. The molecular weight excluding hydrogens is 394 g/mol. The highest BCUT2D eigenvalue weighted by Crippen LogP contribution is 2.25. The number of methoxy groups -OCH3 is 1. The Balaban J connectivity index is 2.17. The second-order valence-corrected chi connectivity index (χ2v) is 6.94. The van der Waals surface area contributed by atoms with Crippen LogP contribution in [-0.4, -0.2) is 39.0 Å². The van der Waals surface area contributed by atoms with Gasteiger partial charge in [-0.25, -0.2) is 9.59 Å². The number of nitrogens with zero attached hydrogens (tertiary/aromatic N) is 1. The minimum atomic E-state index is -4.34. The lowest BCUT2D eigenvalue weighted by atomic mass is 10.2. The molecule has 0 spiro atoms. The molecule has 0 atom stereocenters. The first-order chi connectivity index (χ1) is 13.1. The minimum Gasteiger partial charge on any atom is -0.466 e. The minimum absolute atomic E-state index is 0.0557. The summed E-state index contributed by atoms with van der Waals surface area (Å²) in [4.78, 5) is 32.5. The molecule has 0 amide bonds. The summed E-state index contributed by atoms with van der Waals surface area (Å²) in [5.41, 5.74) is -0.0646. The van der Waals surface area contributed by atoms with Crippen molar-refractivity contribution in [1.29, 1.82) is 0 Å². The Hall–Kier alpha value is -3.47. The van der Waals surface area contributed by atoms with E-state index in [-0.39, 0.29) is 21.8 Å². The number of carbonyl (C=O) groups is 2. The summed E-state index contributed by atoms with van der Waals surface area (Å²) in [5, 5.41) is 10.9. The smallest absolute Gasteiger partial charge is 0.344 e. The van der Waals surface area contributed by atoms with E-state index in [0.29, 0.717) is 0 Å². The van der Waals surface area contributed by atoms with Crippen LogP contribution >= 0.6 is 0 Å². The van der Waals surface area contributed by atoms with Gasteiger partial charge in [-0.3, -0.25) is 10.1 Å². The Morgan fingerprint density at radius 2 is 1.75 bits per heavy atom. The van der Waals surface area contributed by atoms with Crippen molar-refractivity contribution in [2.24, 2.45) is 0 Å². The van der Waals surface area contributed by atoms with Crippen molar-refractivity contribution in [1.82, 2.24) is 0 Å². The molecule has 10 nitrogen and oxygen atoms in total. The average Bonchev–Trinajstić information content (AvgIpc) is 2.66. The number of nitro benzene ring substituents is 1. The number of esters is 2. The fourth-order valence-electron chi connectivity index (χ4n) is 2.06. The highest BCUT2D eigenvalue weighted by Gasteiger charge is 2.23. The maximum absolute atomic E-state index is 12.4. The number of nitro groups is 1. The lowest BCUT2D eigenvalue weighted by Crippen LogP contribution is -2.15. The topological polar surface area (TPSA) is 139 Å². The van der Waals surface area contributed by atoms with E-state index >= 15 is 0 Å². The van der Waals surface area contributed by atoms with Crippen LogP contribution in [0.1, 0.15) is 15.9 Å². The van der Waals surface area contributed by atoms with E-state index < -0.39 is 39.3 Å². The van der Waals surface area contributed by atoms with Crippen LogP contribution in [0.2, 0.25) is 0 Å². The molecule has 0 aliphatic heterocycles. The summed E-state index contributed by atoms with van der Waals surface area (Å²) in [6.07, 6.45) is 0. The van der Waals surface area contributed by atoms with Gasteiger partial charge in [-0.2, -0.15) is 8.42 Å². The third-order valence-electron chi connectivity index (χ3n) is 3.50. The Labute approximate surface area is 159 Å². The Morgan fingerprint density at radius 3 is 2.32 bits per heavy atom. The van der Waals surface area contributed by atoms with Gasteiger partial charge in [0.2, 0.25) is 0 Å². The third-order valence-corrected chi connectivity index (χ3v) is 4.89. The Morgan fingerprint density at radius 1 is 1.11 bits per heavy atom. The van der Waals surface area contributed by atoms with Gasteiger partial charge in [0, 0.05) is 12.1 Å². The van der Waals surface area contributed by atoms with E-state index in [0.717, 1.165) is 13.2 Å². The standard InChI is InChI=1S/C17H15NO9S/c1-11-3-6-13(18(21)22)9-15(11)28(23,24)27-14-7-4-12(5-8-14)17(20)26-10-16(19)25-2/h3-9H,10H2,1-2H3. The maximum Gasteiger partial charge on any atom is 0.344 e. The first kappa shape index (κ1) is 20.8. The molecule has 2 aromatic carbocycles. The molecule has 2 aromatic rings. The van der Waals surface area contributed by atoms with Crippen molar-refractivity contribution in [3.05, 3.63) is 63.7 Å². The van der Waals surface area contributed by atoms with Gasteiger partial charge in [0.15, 0.2) is 6.61 Å². The molecule has 0 aliphatic carbocycles. The number of rotatable bonds is 7. The largest absolute Gasteiger partial charge is 0.466 e. The summed E-state index contributed by atoms with van der Waals surface area (Å²) < 4.78 is 38.9. The number of carbonyl (C=O) groups excluding carboxylic acids is 2. The molecule has 0 radical (unpaired) electrons. The predicted octanol–water partition coefficient (Wildman–Crippen LogP) is 2.00. The van der Waals surface area contributed by atoms with E-state index in [2.05, 4.69) is 4.74 Å². The van der Waals surface area contributed by atoms with Crippen LogP contribution < -0.4 is 4.18 Å². The number of hydrogen-bond acceptors (Lipinski definition) is 9. The number of non-ortho nitro benzene ring substituents is 1. The van der Waals surface area contributed by atoms with E-state index in [1.165, 1.54) is 43.3 Å². The van der Waals surface area contributed by atoms with Gasteiger partial charge in [0.05, 0.1) is 17.6 Å². The van der Waals surface area contributed by atoms with Gasteiger partial charge in [-0.1, -0.05) is 6.07 Å². The summed E-state index contributed by atoms with van der Waals surface area (Å²) in [6, 6.07) is 8.29. The molecule has 0 aromatic heterocycles. The maximum atomic E-state index is 12.4. The molecule has 0 saturated carbocycles. The number of aryl methyl sites for hydroxylation is 1. The van der Waals surface area contributed by atoms with E-state index in [4.69, 9.17) is 8.92 Å². The van der Waals surface area contributed by atoms with Crippen molar-refractivity contribution in [2.45, 2.75) is 11.8 Å². The van der Waals surface area contributed by atoms with E-state index in [9.17, 15) is 28.1 Å². The lowest BCUT2D eigenvalue weighted by molar-refractivity contribution is -0.385. The molecule has 0 saturated heterocycles. The first-order valence-corrected chi connectivity index (χ1v) is 9.08. The average molecular weight is 409 g/mol. The van der Waals surface area contributed by atoms with Gasteiger partial charge < -0.3 is 13.7 Å². The second kappa shape index (κ2) is 8.48. The molecule has 11 heteroatoms. The summed E-state index contributed by atoms with van der Waals surface area (Å²) in [5.74, 6) is -1.66. The van der Waals surface area contributed by atoms with Crippen LogP contribution in [0.25, 0.3) is 0 Å². The van der Waals surface area contributed by atoms with Crippen molar-refractivity contribution in [3.63, 3.8) is 0 Å². The van der Waals surface area contributed by atoms with Gasteiger partial charge in [0.25, 0.3) is 5.69 Å². The fourth-order valence-corrected chi connectivity index (χ4v) is 3.24. The summed E-state index contributed by atoms with van der Waals surface area (Å²) >= 11 is 0. The zero-order chi connectivity index (χ0) is 20.9. The van der Waals surface area contributed by atoms with Gasteiger partial charge >= 0.3 is 22.1 Å². The number of hydrogen-bond donors (Lipinski definition) is 0. The van der Waals surface area contributed by atoms with Crippen LogP contribution in [0, 0.1) is 17.0 Å². The third kappa shape index (κ3) is 5.04. The molecule has 28 heavy (non-hydrogen) atoms. The zero-order valence-corrected chi connectivity index (χ0v) is 15.6. The lowest BCUT2D eigenvalue weighted by Gasteiger charge is -2.10. The monoisotopic (exact) mass is 409 g/mol. The molecular formula is C17H15NO9S. The first-order valence-electron chi connectivity index (χ1n) is 7.67. The van der Waals surface area contributed by atoms with Gasteiger partial charge in [-0.15, -0.1) is 0 Å². The van der Waals surface area contributed by atoms with Crippen LogP contribution in [0.5, 0.6) is 5.75 Å². The molecule has 0 aliphatic rings. The molecule has 0 N–H and O–H groups in total. The van der Waals surface area contributed by atoms with Crippen LogP contribution in [0.15, 0.2) is 47.4 Å². The number of ether oxygens (including phenoxy) is 2. The van der Waals surface area contributed by atoms with Crippen molar-refractivity contribution in [2.75, 3.05) is 13.7 Å². The SMILES string of the molecule is COC(=O)COC(=O)c1ccc(OS(=O)(=O)c2cc([N+](=O)[O-])ccc2C)cc1. The molecule has 148 valence electrons. The van der Waals surface area contributed by atoms with Crippen molar-refractivity contribution in [3.8, 4) is 5.75 Å². The second-order valence-electron chi connectivity index (χ2n) is 5.42. The van der Waals surface area contributed by atoms with Gasteiger partial charge in [-0.05, 0) is 36.8 Å². The highest BCUT2D eigenvalue weighted by atomic mass is 32.2. The van der Waals surface area contributed by atoms with Crippen molar-refractivity contribution < 1.29 is 36.6 Å². The highest BCUT2D eigenvalue weighted by molar-refractivity contribution is 7.87. The van der Waals surface area contributed by atoms with Crippen LogP contribution in [-0.2, 0) is 24.4 Å². The van der Waals surface area contributed by atoms with Crippen molar-refractivity contribution >= 4 is 27.7 Å². The van der Waals surface area contributed by atoms with Crippen LogP contribution in [0.4, 0.5) is 5.69 Å². The summed E-state index contributed by atoms with van der Waals surface area (Å²) in [7, 11) is -3.20. The Bertz CT molecular complexity index is 1010. The summed E-state index contributed by atoms with van der Waals surface area (Å²) in [6.45, 7) is 0.911. The quantitative estimate of drug-likeness (QED) is 0.291. The number of benzene rings is 2. The fraction of sp³-hybridized carbons (Fsp3) is 0.176. The molecule has 0 unspecified atom stereocenters. The van der Waals surface area contributed by atoms with Gasteiger partial charge in [0.1, 0.15) is 10.6 Å². The predicted molar refractivity (Wildman–Crippen MR) is 94.4 cm³/mol. The molecule has 0 heterocycles. The van der Waals surface area contributed by atoms with E-state index in [1.807, 2.05) is 0 Å². The molecule has 0 bridgehead atoms. The zero-order valence-electron chi connectivity index (χ0n) is 14.8.